The molecule has 3 rings (SSSR count). The average molecular weight is 353 g/mol. The summed E-state index contributed by atoms with van der Waals surface area (Å²) in [6, 6.07) is 15.9. The maximum Gasteiger partial charge on any atom is 0.255 e. The molecule has 0 saturated carbocycles. The summed E-state index contributed by atoms with van der Waals surface area (Å²) < 4.78 is 18.6. The van der Waals surface area contributed by atoms with Crippen molar-refractivity contribution < 1.29 is 13.9 Å². The van der Waals surface area contributed by atoms with E-state index in [1.165, 1.54) is 18.3 Å². The van der Waals surface area contributed by atoms with Crippen LogP contribution in [0.3, 0.4) is 0 Å². The molecule has 0 fully saturated rings. The first-order chi connectivity index (χ1) is 12.7. The van der Waals surface area contributed by atoms with Crippen molar-refractivity contribution in [2.24, 2.45) is 0 Å². The van der Waals surface area contributed by atoms with Gasteiger partial charge in [-0.25, -0.2) is 4.39 Å². The van der Waals surface area contributed by atoms with E-state index >= 15 is 0 Å². The highest BCUT2D eigenvalue weighted by Gasteiger charge is 2.14. The summed E-state index contributed by atoms with van der Waals surface area (Å²) in [5.74, 6) is -0.545. The van der Waals surface area contributed by atoms with E-state index < -0.39 is 0 Å². The molecule has 0 bridgehead atoms. The van der Waals surface area contributed by atoms with E-state index in [1.807, 2.05) is 30.3 Å². The van der Waals surface area contributed by atoms with Crippen LogP contribution in [0.1, 0.15) is 22.3 Å². The molecule has 0 unspecified atom stereocenters. The van der Waals surface area contributed by atoms with Gasteiger partial charge >= 0.3 is 0 Å². The van der Waals surface area contributed by atoms with Crippen LogP contribution in [0.4, 0.5) is 4.39 Å². The molecule has 2 aromatic carbocycles. The van der Waals surface area contributed by atoms with Crippen LogP contribution < -0.4 is 5.32 Å². The van der Waals surface area contributed by atoms with Gasteiger partial charge in [-0.15, -0.1) is 0 Å². The fourth-order valence-corrected chi connectivity index (χ4v) is 2.53. The predicted molar refractivity (Wildman–Crippen MR) is 97.0 cm³/mol. The molecular formula is C20H20FN3O2. The van der Waals surface area contributed by atoms with Crippen molar-refractivity contribution in [2.45, 2.75) is 13.0 Å². The molecule has 2 N–H and O–H groups in total. The van der Waals surface area contributed by atoms with Crippen LogP contribution in [0, 0.1) is 5.82 Å². The fraction of sp³-hybridized carbons (Fsp3) is 0.200. The van der Waals surface area contributed by atoms with Crippen molar-refractivity contribution in [3.8, 4) is 11.3 Å². The summed E-state index contributed by atoms with van der Waals surface area (Å²) in [6.07, 6.45) is 2.18. The standard InChI is InChI=1S/C20H20FN3O2/c21-17-9-7-16(8-10-17)19-18(13-23-24-19)20(25)22-11-4-12-26-14-15-5-2-1-3-6-15/h1-3,5-10,13H,4,11-12,14H2,(H,22,25)(H,23,24). The third-order valence-electron chi connectivity index (χ3n) is 3.88. The molecule has 0 radical (unpaired) electrons. The second-order valence-corrected chi connectivity index (χ2v) is 5.81. The SMILES string of the molecule is O=C(NCCCOCc1ccccc1)c1cn[nH]c1-c1ccc(F)cc1. The lowest BCUT2D eigenvalue weighted by atomic mass is 10.1. The van der Waals surface area contributed by atoms with Gasteiger partial charge < -0.3 is 10.1 Å². The highest BCUT2D eigenvalue weighted by Crippen LogP contribution is 2.21. The quantitative estimate of drug-likeness (QED) is 0.609. The largest absolute Gasteiger partial charge is 0.377 e. The molecule has 0 aliphatic heterocycles. The zero-order valence-electron chi connectivity index (χ0n) is 14.2. The second kappa shape index (κ2) is 8.92. The van der Waals surface area contributed by atoms with Gasteiger partial charge in [-0.05, 0) is 36.2 Å². The number of carbonyl (C=O) groups excluding carboxylic acids is 1. The van der Waals surface area contributed by atoms with E-state index in [9.17, 15) is 9.18 Å². The van der Waals surface area contributed by atoms with Crippen molar-refractivity contribution in [1.29, 1.82) is 0 Å². The highest BCUT2D eigenvalue weighted by atomic mass is 19.1. The van der Waals surface area contributed by atoms with E-state index in [1.54, 1.807) is 12.1 Å². The molecule has 0 saturated heterocycles. The molecule has 3 aromatic rings. The summed E-state index contributed by atoms with van der Waals surface area (Å²) >= 11 is 0. The minimum atomic E-state index is -0.324. The second-order valence-electron chi connectivity index (χ2n) is 5.81. The fourth-order valence-electron chi connectivity index (χ4n) is 2.53. The summed E-state index contributed by atoms with van der Waals surface area (Å²) in [5, 5.41) is 9.57. The monoisotopic (exact) mass is 353 g/mol. The Labute approximate surface area is 151 Å². The van der Waals surface area contributed by atoms with Gasteiger partial charge in [0, 0.05) is 18.7 Å². The molecule has 0 spiro atoms. The summed E-state index contributed by atoms with van der Waals surface area (Å²) in [7, 11) is 0. The van der Waals surface area contributed by atoms with E-state index in [0.29, 0.717) is 43.0 Å². The van der Waals surface area contributed by atoms with Crippen LogP contribution >= 0.6 is 0 Å². The minimum absolute atomic E-state index is 0.221. The van der Waals surface area contributed by atoms with E-state index in [2.05, 4.69) is 15.5 Å². The molecule has 0 atom stereocenters. The van der Waals surface area contributed by atoms with E-state index in [0.717, 1.165) is 5.56 Å². The van der Waals surface area contributed by atoms with Crippen LogP contribution in [-0.2, 0) is 11.3 Å². The Balaban J connectivity index is 1.44. The van der Waals surface area contributed by atoms with Gasteiger partial charge in [-0.2, -0.15) is 5.10 Å². The maximum absolute atomic E-state index is 13.0. The zero-order chi connectivity index (χ0) is 18.2. The number of carbonyl (C=O) groups is 1. The van der Waals surface area contributed by atoms with Crippen LogP contribution in [-0.4, -0.2) is 29.3 Å². The Hall–Kier alpha value is -2.99. The maximum atomic E-state index is 13.0. The van der Waals surface area contributed by atoms with Gasteiger partial charge in [0.2, 0.25) is 0 Å². The lowest BCUT2D eigenvalue weighted by molar-refractivity contribution is 0.0935. The topological polar surface area (TPSA) is 67.0 Å². The molecule has 5 nitrogen and oxygen atoms in total. The number of amides is 1. The smallest absolute Gasteiger partial charge is 0.255 e. The van der Waals surface area contributed by atoms with Crippen molar-refractivity contribution >= 4 is 5.91 Å². The molecule has 1 heterocycles. The number of aromatic nitrogens is 2. The highest BCUT2D eigenvalue weighted by molar-refractivity contribution is 5.99. The van der Waals surface area contributed by atoms with Crippen molar-refractivity contribution in [3.05, 3.63) is 77.7 Å². The molecule has 6 heteroatoms. The van der Waals surface area contributed by atoms with Gasteiger partial charge in [0.05, 0.1) is 24.1 Å². The van der Waals surface area contributed by atoms with Gasteiger partial charge in [0.25, 0.3) is 5.91 Å². The average Bonchev–Trinajstić information content (AvgIpc) is 3.16. The number of nitrogens with one attached hydrogen (secondary N) is 2. The first kappa shape index (κ1) is 17.8. The summed E-state index contributed by atoms with van der Waals surface area (Å²) in [5.41, 5.74) is 2.84. The lowest BCUT2D eigenvalue weighted by Crippen LogP contribution is -2.25. The molecule has 26 heavy (non-hydrogen) atoms. The molecular weight excluding hydrogens is 333 g/mol. The third kappa shape index (κ3) is 4.77. The number of ether oxygens (including phenoxy) is 1. The summed E-state index contributed by atoms with van der Waals surface area (Å²) in [6.45, 7) is 1.62. The van der Waals surface area contributed by atoms with Gasteiger partial charge in [-0.1, -0.05) is 30.3 Å². The van der Waals surface area contributed by atoms with Crippen molar-refractivity contribution in [3.63, 3.8) is 0 Å². The molecule has 0 aliphatic carbocycles. The van der Waals surface area contributed by atoms with Gasteiger partial charge in [0.15, 0.2) is 0 Å². The molecule has 0 aliphatic rings. The molecule has 1 amide bonds. The number of hydrogen-bond acceptors (Lipinski definition) is 3. The normalized spacial score (nSPS) is 10.7. The van der Waals surface area contributed by atoms with Crippen molar-refractivity contribution in [1.82, 2.24) is 15.5 Å². The molecule has 134 valence electrons. The van der Waals surface area contributed by atoms with Crippen LogP contribution in [0.15, 0.2) is 60.8 Å². The van der Waals surface area contributed by atoms with Gasteiger partial charge in [0.1, 0.15) is 5.82 Å². The van der Waals surface area contributed by atoms with E-state index in [4.69, 9.17) is 4.74 Å². The van der Waals surface area contributed by atoms with Gasteiger partial charge in [-0.3, -0.25) is 9.89 Å². The Morgan fingerprint density at radius 1 is 1.12 bits per heavy atom. The Bertz CT molecular complexity index is 832. The van der Waals surface area contributed by atoms with Crippen LogP contribution in [0.2, 0.25) is 0 Å². The van der Waals surface area contributed by atoms with Crippen molar-refractivity contribution in [2.75, 3.05) is 13.2 Å². The minimum Gasteiger partial charge on any atom is -0.377 e. The van der Waals surface area contributed by atoms with Crippen LogP contribution in [0.5, 0.6) is 0 Å². The third-order valence-corrected chi connectivity index (χ3v) is 3.88. The molecule has 1 aromatic heterocycles. The Morgan fingerprint density at radius 2 is 1.88 bits per heavy atom. The number of hydrogen-bond donors (Lipinski definition) is 2. The van der Waals surface area contributed by atoms with Crippen LogP contribution in [0.25, 0.3) is 11.3 Å². The Morgan fingerprint density at radius 3 is 2.65 bits per heavy atom. The van der Waals surface area contributed by atoms with E-state index in [-0.39, 0.29) is 11.7 Å². The number of rotatable bonds is 8. The summed E-state index contributed by atoms with van der Waals surface area (Å²) in [4.78, 5) is 12.3. The number of halogens is 1. The number of benzene rings is 2. The first-order valence-electron chi connectivity index (χ1n) is 8.43. The zero-order valence-corrected chi connectivity index (χ0v) is 14.2. The predicted octanol–water partition coefficient (Wildman–Crippen LogP) is 3.55. The lowest BCUT2D eigenvalue weighted by Gasteiger charge is -2.07. The first-order valence-corrected chi connectivity index (χ1v) is 8.43. The number of aromatic amines is 1. The Kier molecular flexibility index (Phi) is 6.11. The number of nitrogens with zero attached hydrogens (tertiary/aromatic N) is 1. The number of H-pyrrole nitrogens is 1.